The molecule has 5 heteroatoms. The van der Waals surface area contributed by atoms with Crippen LogP contribution in [0.2, 0.25) is 0 Å². The molecular formula is C18H36N4O. The van der Waals surface area contributed by atoms with E-state index in [0.717, 1.165) is 51.2 Å². The van der Waals surface area contributed by atoms with Crippen molar-refractivity contribution in [3.63, 3.8) is 0 Å². The standard InChI is InChI=1S/C18H36N4O/c1-2-19-17(21-16-18(23)10-5-6-11-18)20-12-9-15-22-13-7-3-4-8-14-22/h23H,2-16H2,1H3,(H2,19,20,21). The third-order valence-electron chi connectivity index (χ3n) is 5.05. The average molecular weight is 325 g/mol. The zero-order valence-electron chi connectivity index (χ0n) is 14.9. The molecular weight excluding hydrogens is 288 g/mol. The summed E-state index contributed by atoms with van der Waals surface area (Å²) in [6.07, 6.45) is 10.7. The van der Waals surface area contributed by atoms with E-state index in [2.05, 4.69) is 27.4 Å². The molecule has 0 radical (unpaired) electrons. The summed E-state index contributed by atoms with van der Waals surface area (Å²) in [7, 11) is 0. The van der Waals surface area contributed by atoms with E-state index in [1.807, 2.05) is 0 Å². The van der Waals surface area contributed by atoms with Crippen LogP contribution in [0.5, 0.6) is 0 Å². The number of aliphatic hydroxyl groups is 1. The van der Waals surface area contributed by atoms with Gasteiger partial charge in [0.05, 0.1) is 12.1 Å². The molecule has 1 heterocycles. The SMILES string of the molecule is CCNC(=NCC1(O)CCCC1)NCCCN1CCCCCC1. The number of guanidine groups is 1. The van der Waals surface area contributed by atoms with Crippen molar-refractivity contribution in [1.29, 1.82) is 0 Å². The molecule has 134 valence electrons. The Bertz CT molecular complexity index is 345. The quantitative estimate of drug-likeness (QED) is 0.381. The number of nitrogens with one attached hydrogen (secondary N) is 2. The van der Waals surface area contributed by atoms with Gasteiger partial charge in [0.15, 0.2) is 5.96 Å². The van der Waals surface area contributed by atoms with Crippen molar-refractivity contribution in [2.45, 2.75) is 70.3 Å². The summed E-state index contributed by atoms with van der Waals surface area (Å²) in [6.45, 7) is 8.11. The molecule has 2 fully saturated rings. The van der Waals surface area contributed by atoms with Crippen LogP contribution in [0.3, 0.4) is 0 Å². The van der Waals surface area contributed by atoms with Crippen LogP contribution >= 0.6 is 0 Å². The lowest BCUT2D eigenvalue weighted by atomic mass is 10.0. The molecule has 1 aliphatic carbocycles. The highest BCUT2D eigenvalue weighted by Crippen LogP contribution is 2.29. The van der Waals surface area contributed by atoms with Gasteiger partial charge in [0, 0.05) is 13.1 Å². The van der Waals surface area contributed by atoms with Crippen molar-refractivity contribution < 1.29 is 5.11 Å². The second kappa shape index (κ2) is 10.1. The highest BCUT2D eigenvalue weighted by atomic mass is 16.3. The second-order valence-corrected chi connectivity index (χ2v) is 7.16. The van der Waals surface area contributed by atoms with E-state index >= 15 is 0 Å². The Morgan fingerprint density at radius 3 is 2.39 bits per heavy atom. The number of hydrogen-bond donors (Lipinski definition) is 3. The third kappa shape index (κ3) is 7.08. The summed E-state index contributed by atoms with van der Waals surface area (Å²) in [5, 5.41) is 17.1. The summed E-state index contributed by atoms with van der Waals surface area (Å²) in [6, 6.07) is 0. The molecule has 2 rings (SSSR count). The molecule has 0 spiro atoms. The number of aliphatic imine (C=N–C) groups is 1. The van der Waals surface area contributed by atoms with Gasteiger partial charge in [-0.15, -0.1) is 0 Å². The van der Waals surface area contributed by atoms with Crippen molar-refractivity contribution >= 4 is 5.96 Å². The van der Waals surface area contributed by atoms with Gasteiger partial charge < -0.3 is 20.6 Å². The minimum absolute atomic E-state index is 0.522. The van der Waals surface area contributed by atoms with Crippen LogP contribution in [-0.2, 0) is 0 Å². The van der Waals surface area contributed by atoms with Gasteiger partial charge in [0.2, 0.25) is 0 Å². The fourth-order valence-electron chi connectivity index (χ4n) is 3.63. The number of hydrogen-bond acceptors (Lipinski definition) is 3. The van der Waals surface area contributed by atoms with Gasteiger partial charge in [-0.2, -0.15) is 0 Å². The fourth-order valence-corrected chi connectivity index (χ4v) is 3.63. The first-order valence-corrected chi connectivity index (χ1v) is 9.69. The van der Waals surface area contributed by atoms with Crippen molar-refractivity contribution in [1.82, 2.24) is 15.5 Å². The maximum atomic E-state index is 10.4. The lowest BCUT2D eigenvalue weighted by molar-refractivity contribution is 0.0574. The molecule has 23 heavy (non-hydrogen) atoms. The minimum atomic E-state index is -0.561. The van der Waals surface area contributed by atoms with Crippen LogP contribution in [0.15, 0.2) is 4.99 Å². The molecule has 0 aromatic heterocycles. The second-order valence-electron chi connectivity index (χ2n) is 7.16. The lowest BCUT2D eigenvalue weighted by Crippen LogP contribution is -2.40. The molecule has 0 aromatic carbocycles. The molecule has 0 atom stereocenters. The smallest absolute Gasteiger partial charge is 0.191 e. The molecule has 2 aliphatic rings. The van der Waals surface area contributed by atoms with Crippen molar-refractivity contribution in [3.8, 4) is 0 Å². The van der Waals surface area contributed by atoms with Crippen LogP contribution in [-0.4, -0.2) is 60.8 Å². The normalized spacial score (nSPS) is 22.8. The topological polar surface area (TPSA) is 59.9 Å². The third-order valence-corrected chi connectivity index (χ3v) is 5.05. The summed E-state index contributed by atoms with van der Waals surface area (Å²) in [4.78, 5) is 7.19. The molecule has 1 saturated carbocycles. The number of likely N-dealkylation sites (tertiary alicyclic amines) is 1. The van der Waals surface area contributed by atoms with Crippen LogP contribution < -0.4 is 10.6 Å². The van der Waals surface area contributed by atoms with Crippen LogP contribution in [0.1, 0.15) is 64.7 Å². The molecule has 0 bridgehead atoms. The van der Waals surface area contributed by atoms with Crippen molar-refractivity contribution in [3.05, 3.63) is 0 Å². The van der Waals surface area contributed by atoms with Crippen LogP contribution in [0.25, 0.3) is 0 Å². The van der Waals surface area contributed by atoms with Gasteiger partial charge >= 0.3 is 0 Å². The highest BCUT2D eigenvalue weighted by molar-refractivity contribution is 5.79. The fraction of sp³-hybridized carbons (Fsp3) is 0.944. The number of rotatable bonds is 7. The number of nitrogens with zero attached hydrogens (tertiary/aromatic N) is 2. The van der Waals surface area contributed by atoms with E-state index in [4.69, 9.17) is 0 Å². The molecule has 0 aromatic rings. The predicted octanol–water partition coefficient (Wildman–Crippen LogP) is 2.11. The molecule has 1 saturated heterocycles. The lowest BCUT2D eigenvalue weighted by Gasteiger charge is -2.21. The molecule has 1 aliphatic heterocycles. The van der Waals surface area contributed by atoms with E-state index in [1.54, 1.807) is 0 Å². The molecule has 0 amide bonds. The zero-order chi connectivity index (χ0) is 16.4. The Hall–Kier alpha value is -0.810. The van der Waals surface area contributed by atoms with Gasteiger partial charge in [-0.25, -0.2) is 0 Å². The van der Waals surface area contributed by atoms with Gasteiger partial charge in [0.25, 0.3) is 0 Å². The first-order valence-electron chi connectivity index (χ1n) is 9.69. The summed E-state index contributed by atoms with van der Waals surface area (Å²) < 4.78 is 0. The Kier molecular flexibility index (Phi) is 8.17. The monoisotopic (exact) mass is 324 g/mol. The average Bonchev–Trinajstić information content (AvgIpc) is 2.82. The van der Waals surface area contributed by atoms with E-state index in [-0.39, 0.29) is 0 Å². The van der Waals surface area contributed by atoms with Gasteiger partial charge in [-0.1, -0.05) is 25.7 Å². The Balaban J connectivity index is 1.67. The maximum absolute atomic E-state index is 10.4. The molecule has 0 unspecified atom stereocenters. The maximum Gasteiger partial charge on any atom is 0.191 e. The van der Waals surface area contributed by atoms with Gasteiger partial charge in [-0.3, -0.25) is 4.99 Å². The van der Waals surface area contributed by atoms with Crippen LogP contribution in [0, 0.1) is 0 Å². The Morgan fingerprint density at radius 2 is 1.74 bits per heavy atom. The highest BCUT2D eigenvalue weighted by Gasteiger charge is 2.30. The Morgan fingerprint density at radius 1 is 1.04 bits per heavy atom. The van der Waals surface area contributed by atoms with E-state index in [0.29, 0.717) is 6.54 Å². The van der Waals surface area contributed by atoms with Crippen molar-refractivity contribution in [2.24, 2.45) is 4.99 Å². The largest absolute Gasteiger partial charge is 0.388 e. The van der Waals surface area contributed by atoms with Crippen LogP contribution in [0.4, 0.5) is 0 Å². The van der Waals surface area contributed by atoms with Gasteiger partial charge in [0.1, 0.15) is 0 Å². The predicted molar refractivity (Wildman–Crippen MR) is 96.9 cm³/mol. The first kappa shape index (κ1) is 18.5. The van der Waals surface area contributed by atoms with Crippen molar-refractivity contribution in [2.75, 3.05) is 39.3 Å². The summed E-state index contributed by atoms with van der Waals surface area (Å²) >= 11 is 0. The molecule has 3 N–H and O–H groups in total. The zero-order valence-corrected chi connectivity index (χ0v) is 14.9. The van der Waals surface area contributed by atoms with Gasteiger partial charge in [-0.05, 0) is 58.7 Å². The summed E-state index contributed by atoms with van der Waals surface area (Å²) in [5.41, 5.74) is -0.561. The molecule has 5 nitrogen and oxygen atoms in total. The van der Waals surface area contributed by atoms with E-state index < -0.39 is 5.60 Å². The summed E-state index contributed by atoms with van der Waals surface area (Å²) in [5.74, 6) is 0.851. The first-order chi connectivity index (χ1) is 11.2. The van der Waals surface area contributed by atoms with E-state index in [1.165, 1.54) is 45.3 Å². The Labute approximate surface area is 141 Å². The van der Waals surface area contributed by atoms with E-state index in [9.17, 15) is 5.11 Å². The minimum Gasteiger partial charge on any atom is -0.388 e.